The Morgan fingerprint density at radius 3 is 2.67 bits per heavy atom. The van der Waals surface area contributed by atoms with Crippen LogP contribution in [-0.4, -0.2) is 23.3 Å². The molecule has 2 N–H and O–H groups in total. The molecule has 0 aromatic heterocycles. The zero-order valence-electron chi connectivity index (χ0n) is 8.77. The maximum atomic E-state index is 13.2. The number of benzene rings is 1. The van der Waals surface area contributed by atoms with Gasteiger partial charge in [-0.05, 0) is 30.9 Å². The first-order chi connectivity index (χ1) is 7.04. The van der Waals surface area contributed by atoms with Crippen LogP contribution in [0.1, 0.15) is 20.3 Å². The van der Waals surface area contributed by atoms with Crippen LogP contribution in [0, 0.1) is 5.82 Å². The highest BCUT2D eigenvalue weighted by molar-refractivity contribution is 6.58. The number of hydrogen-bond acceptors (Lipinski definition) is 3. The highest BCUT2D eigenvalue weighted by atomic mass is 19.1. The largest absolute Gasteiger partial charge is 0.488 e. The van der Waals surface area contributed by atoms with Crippen LogP contribution >= 0.6 is 0 Å². The van der Waals surface area contributed by atoms with Gasteiger partial charge in [0.15, 0.2) is 11.6 Å². The predicted octanol–water partition coefficient (Wildman–Crippen LogP) is 0.683. The summed E-state index contributed by atoms with van der Waals surface area (Å²) >= 11 is 0. The van der Waals surface area contributed by atoms with Crippen molar-refractivity contribution in [3.63, 3.8) is 0 Å². The fourth-order valence-corrected chi connectivity index (χ4v) is 1.07. The van der Waals surface area contributed by atoms with Crippen molar-refractivity contribution in [2.24, 2.45) is 0 Å². The molecule has 0 saturated carbocycles. The van der Waals surface area contributed by atoms with Crippen LogP contribution in [0.25, 0.3) is 0 Å². The molecule has 82 valence electrons. The van der Waals surface area contributed by atoms with Crippen molar-refractivity contribution in [1.29, 1.82) is 0 Å². The molecular formula is C10H14BFO3. The third kappa shape index (κ3) is 3.21. The van der Waals surface area contributed by atoms with Gasteiger partial charge in [-0.2, -0.15) is 0 Å². The Balaban J connectivity index is 2.90. The maximum Gasteiger partial charge on any atom is 0.488 e. The summed E-state index contributed by atoms with van der Waals surface area (Å²) in [5, 5.41) is 17.8. The second kappa shape index (κ2) is 5.14. The van der Waals surface area contributed by atoms with Gasteiger partial charge in [-0.3, -0.25) is 0 Å². The molecule has 1 atom stereocenters. The second-order valence-electron chi connectivity index (χ2n) is 3.40. The third-order valence-corrected chi connectivity index (χ3v) is 2.16. The topological polar surface area (TPSA) is 49.7 Å². The van der Waals surface area contributed by atoms with Crippen molar-refractivity contribution < 1.29 is 19.2 Å². The van der Waals surface area contributed by atoms with Crippen LogP contribution in [0.5, 0.6) is 5.75 Å². The lowest BCUT2D eigenvalue weighted by Crippen LogP contribution is -2.30. The van der Waals surface area contributed by atoms with Crippen LogP contribution in [0.15, 0.2) is 18.2 Å². The molecule has 0 saturated heterocycles. The van der Waals surface area contributed by atoms with Crippen LogP contribution in [0.4, 0.5) is 4.39 Å². The molecule has 0 bridgehead atoms. The summed E-state index contributed by atoms with van der Waals surface area (Å²) in [7, 11) is -1.61. The molecule has 15 heavy (non-hydrogen) atoms. The van der Waals surface area contributed by atoms with Crippen LogP contribution in [0.3, 0.4) is 0 Å². The number of halogens is 1. The standard InChI is InChI=1S/C10H14BFO3/c1-3-7(2)15-10-6-8(11(13)14)4-5-9(10)12/h4-7,13-14H,3H2,1-2H3. The van der Waals surface area contributed by atoms with Crippen molar-refractivity contribution >= 4 is 12.6 Å². The molecule has 0 aliphatic heterocycles. The Morgan fingerprint density at radius 2 is 2.13 bits per heavy atom. The first-order valence-electron chi connectivity index (χ1n) is 4.86. The zero-order valence-corrected chi connectivity index (χ0v) is 8.77. The molecule has 3 nitrogen and oxygen atoms in total. The summed E-state index contributed by atoms with van der Waals surface area (Å²) in [5.74, 6) is -0.449. The van der Waals surface area contributed by atoms with Gasteiger partial charge in [0.25, 0.3) is 0 Å². The first-order valence-corrected chi connectivity index (χ1v) is 4.86. The minimum atomic E-state index is -1.61. The quantitative estimate of drug-likeness (QED) is 0.721. The Morgan fingerprint density at radius 1 is 1.47 bits per heavy atom. The van der Waals surface area contributed by atoms with E-state index in [-0.39, 0.29) is 17.3 Å². The van der Waals surface area contributed by atoms with Crippen molar-refractivity contribution in [3.8, 4) is 5.75 Å². The molecule has 5 heteroatoms. The van der Waals surface area contributed by atoms with Crippen LogP contribution in [0.2, 0.25) is 0 Å². The minimum absolute atomic E-state index is 0.0509. The third-order valence-electron chi connectivity index (χ3n) is 2.16. The van der Waals surface area contributed by atoms with Gasteiger partial charge in [0, 0.05) is 0 Å². The van der Waals surface area contributed by atoms with Crippen molar-refractivity contribution in [2.75, 3.05) is 0 Å². The van der Waals surface area contributed by atoms with E-state index in [1.165, 1.54) is 12.1 Å². The number of rotatable bonds is 4. The summed E-state index contributed by atoms with van der Waals surface area (Å²) in [5.41, 5.74) is 0.217. The van der Waals surface area contributed by atoms with E-state index in [9.17, 15) is 4.39 Å². The van der Waals surface area contributed by atoms with Gasteiger partial charge >= 0.3 is 7.12 Å². The van der Waals surface area contributed by atoms with Crippen molar-refractivity contribution in [1.82, 2.24) is 0 Å². The van der Waals surface area contributed by atoms with Gasteiger partial charge in [0.05, 0.1) is 6.10 Å². The van der Waals surface area contributed by atoms with E-state index in [1.54, 1.807) is 0 Å². The molecule has 1 unspecified atom stereocenters. The predicted molar refractivity (Wildman–Crippen MR) is 56.6 cm³/mol. The highest BCUT2D eigenvalue weighted by Gasteiger charge is 2.15. The lowest BCUT2D eigenvalue weighted by Gasteiger charge is -2.14. The average Bonchev–Trinajstić information content (AvgIpc) is 2.20. The summed E-state index contributed by atoms with van der Waals surface area (Å²) in [6, 6.07) is 3.77. The molecule has 0 aliphatic carbocycles. The molecular weight excluding hydrogens is 198 g/mol. The van der Waals surface area contributed by atoms with E-state index in [0.717, 1.165) is 12.5 Å². The van der Waals surface area contributed by atoms with E-state index in [2.05, 4.69) is 0 Å². The molecule has 1 rings (SSSR count). The van der Waals surface area contributed by atoms with Gasteiger partial charge < -0.3 is 14.8 Å². The Hall–Kier alpha value is -1.07. The van der Waals surface area contributed by atoms with E-state index in [0.29, 0.717) is 0 Å². The maximum absolute atomic E-state index is 13.2. The fraction of sp³-hybridized carbons (Fsp3) is 0.400. The summed E-state index contributed by atoms with van der Waals surface area (Å²) < 4.78 is 18.5. The van der Waals surface area contributed by atoms with E-state index >= 15 is 0 Å². The number of hydrogen-bond donors (Lipinski definition) is 2. The average molecular weight is 212 g/mol. The molecule has 0 aliphatic rings. The van der Waals surface area contributed by atoms with E-state index in [4.69, 9.17) is 14.8 Å². The molecule has 1 aromatic carbocycles. The normalized spacial score (nSPS) is 12.3. The fourth-order valence-electron chi connectivity index (χ4n) is 1.07. The van der Waals surface area contributed by atoms with E-state index in [1.807, 2.05) is 13.8 Å². The van der Waals surface area contributed by atoms with E-state index < -0.39 is 12.9 Å². The summed E-state index contributed by atoms with van der Waals surface area (Å²) in [6.45, 7) is 3.74. The van der Waals surface area contributed by atoms with Gasteiger partial charge in [-0.15, -0.1) is 0 Å². The lowest BCUT2D eigenvalue weighted by atomic mass is 9.80. The smallest absolute Gasteiger partial charge is 0.488 e. The SMILES string of the molecule is CCC(C)Oc1cc(B(O)O)ccc1F. The minimum Gasteiger partial charge on any atom is -0.488 e. The Bertz CT molecular complexity index is 330. The van der Waals surface area contributed by atoms with Gasteiger partial charge in [0.1, 0.15) is 0 Å². The molecule has 0 amide bonds. The zero-order chi connectivity index (χ0) is 11.4. The van der Waals surface area contributed by atoms with Crippen LogP contribution < -0.4 is 10.2 Å². The van der Waals surface area contributed by atoms with Gasteiger partial charge in [-0.1, -0.05) is 13.0 Å². The van der Waals surface area contributed by atoms with Crippen molar-refractivity contribution in [3.05, 3.63) is 24.0 Å². The Kier molecular flexibility index (Phi) is 4.11. The number of ether oxygens (including phenoxy) is 1. The monoisotopic (exact) mass is 212 g/mol. The van der Waals surface area contributed by atoms with Gasteiger partial charge in [-0.25, -0.2) is 4.39 Å². The molecule has 0 spiro atoms. The molecule has 0 fully saturated rings. The lowest BCUT2D eigenvalue weighted by molar-refractivity contribution is 0.208. The molecule has 0 heterocycles. The van der Waals surface area contributed by atoms with Crippen LogP contribution in [-0.2, 0) is 0 Å². The first kappa shape index (κ1) is 12.0. The Labute approximate surface area is 88.7 Å². The highest BCUT2D eigenvalue weighted by Crippen LogP contribution is 2.17. The second-order valence-corrected chi connectivity index (χ2v) is 3.40. The summed E-state index contributed by atoms with van der Waals surface area (Å²) in [4.78, 5) is 0. The summed E-state index contributed by atoms with van der Waals surface area (Å²) in [6.07, 6.45) is 0.649. The van der Waals surface area contributed by atoms with Crippen molar-refractivity contribution in [2.45, 2.75) is 26.4 Å². The molecule has 1 aromatic rings. The molecule has 0 radical (unpaired) electrons. The van der Waals surface area contributed by atoms with Gasteiger partial charge in [0.2, 0.25) is 0 Å².